The number of benzene rings is 1. The zero-order chi connectivity index (χ0) is 10.3. The third-order valence-corrected chi connectivity index (χ3v) is 3.17. The number of hydrogen-bond acceptors (Lipinski definition) is 2. The van der Waals surface area contributed by atoms with Crippen LogP contribution < -0.4 is 5.56 Å². The SMILES string of the molecule is Cc1c(Br)ccc2c(=O)[nH]c(=S)[nH]c12. The van der Waals surface area contributed by atoms with Crippen LogP contribution in [-0.4, -0.2) is 9.97 Å². The predicted molar refractivity (Wildman–Crippen MR) is 62.2 cm³/mol. The van der Waals surface area contributed by atoms with Gasteiger partial charge in [-0.1, -0.05) is 15.9 Å². The monoisotopic (exact) mass is 270 g/mol. The second-order valence-electron chi connectivity index (χ2n) is 3.00. The average molecular weight is 271 g/mol. The highest BCUT2D eigenvalue weighted by Crippen LogP contribution is 2.21. The maximum Gasteiger partial charge on any atom is 0.259 e. The number of hydrogen-bond donors (Lipinski definition) is 2. The minimum absolute atomic E-state index is 0.153. The van der Waals surface area contributed by atoms with Crippen molar-refractivity contribution in [2.45, 2.75) is 6.92 Å². The molecule has 0 spiro atoms. The first-order chi connectivity index (χ1) is 6.59. The molecule has 1 aromatic carbocycles. The number of rotatable bonds is 0. The summed E-state index contributed by atoms with van der Waals surface area (Å²) in [4.78, 5) is 17.0. The summed E-state index contributed by atoms with van der Waals surface area (Å²) in [5.74, 6) is 0. The van der Waals surface area contributed by atoms with E-state index in [9.17, 15) is 4.79 Å². The summed E-state index contributed by atoms with van der Waals surface area (Å²) in [6.45, 7) is 1.93. The average Bonchev–Trinajstić information content (AvgIpc) is 2.12. The summed E-state index contributed by atoms with van der Waals surface area (Å²) in [5.41, 5.74) is 1.62. The lowest BCUT2D eigenvalue weighted by molar-refractivity contribution is 1.13. The van der Waals surface area contributed by atoms with Crippen LogP contribution in [0.3, 0.4) is 0 Å². The van der Waals surface area contributed by atoms with Gasteiger partial charge in [-0.3, -0.25) is 9.78 Å². The molecule has 0 unspecified atom stereocenters. The fraction of sp³-hybridized carbons (Fsp3) is 0.111. The predicted octanol–water partition coefficient (Wildman–Crippen LogP) is 2.66. The lowest BCUT2D eigenvalue weighted by Gasteiger charge is -2.02. The van der Waals surface area contributed by atoms with E-state index in [4.69, 9.17) is 12.2 Å². The quantitative estimate of drug-likeness (QED) is 0.724. The maximum atomic E-state index is 11.5. The number of aromatic nitrogens is 2. The minimum atomic E-state index is -0.153. The molecule has 2 aromatic rings. The standard InChI is InChI=1S/C9H7BrN2OS/c1-4-6(10)3-2-5-7(4)11-9(14)12-8(5)13/h2-3H,1H3,(H2,11,12,13,14). The first kappa shape index (κ1) is 9.61. The molecule has 5 heteroatoms. The summed E-state index contributed by atoms with van der Waals surface area (Å²) < 4.78 is 1.31. The third-order valence-electron chi connectivity index (χ3n) is 2.11. The second-order valence-corrected chi connectivity index (χ2v) is 4.27. The van der Waals surface area contributed by atoms with Crippen LogP contribution in [0.1, 0.15) is 5.56 Å². The Kier molecular flexibility index (Phi) is 2.28. The van der Waals surface area contributed by atoms with Crippen LogP contribution in [0, 0.1) is 11.7 Å². The molecular weight excluding hydrogens is 264 g/mol. The molecule has 0 atom stereocenters. The summed E-state index contributed by atoms with van der Waals surface area (Å²) in [6.07, 6.45) is 0. The van der Waals surface area contributed by atoms with Crippen LogP contribution in [0.25, 0.3) is 10.9 Å². The highest BCUT2D eigenvalue weighted by Gasteiger charge is 2.04. The first-order valence-electron chi connectivity index (χ1n) is 4.01. The molecule has 2 rings (SSSR count). The van der Waals surface area contributed by atoms with Gasteiger partial charge in [-0.2, -0.15) is 0 Å². The van der Waals surface area contributed by atoms with Crippen molar-refractivity contribution in [2.75, 3.05) is 0 Å². The van der Waals surface area contributed by atoms with E-state index < -0.39 is 0 Å². The number of H-pyrrole nitrogens is 2. The van der Waals surface area contributed by atoms with Crippen molar-refractivity contribution in [1.82, 2.24) is 9.97 Å². The van der Waals surface area contributed by atoms with E-state index in [2.05, 4.69) is 25.9 Å². The van der Waals surface area contributed by atoms with E-state index in [0.29, 0.717) is 10.2 Å². The number of aromatic amines is 2. The summed E-state index contributed by atoms with van der Waals surface area (Å²) >= 11 is 8.30. The van der Waals surface area contributed by atoms with Gasteiger partial charge in [0.2, 0.25) is 0 Å². The van der Waals surface area contributed by atoms with Gasteiger partial charge in [0.05, 0.1) is 10.9 Å². The lowest BCUT2D eigenvalue weighted by Crippen LogP contribution is -2.08. The minimum Gasteiger partial charge on any atom is -0.331 e. The van der Waals surface area contributed by atoms with Crippen LogP contribution >= 0.6 is 28.1 Å². The molecule has 2 N–H and O–H groups in total. The molecule has 14 heavy (non-hydrogen) atoms. The molecule has 0 fully saturated rings. The zero-order valence-electron chi connectivity index (χ0n) is 7.35. The smallest absolute Gasteiger partial charge is 0.259 e. The van der Waals surface area contributed by atoms with E-state index in [0.717, 1.165) is 15.6 Å². The van der Waals surface area contributed by atoms with E-state index >= 15 is 0 Å². The van der Waals surface area contributed by atoms with Crippen LogP contribution in [0.4, 0.5) is 0 Å². The van der Waals surface area contributed by atoms with Gasteiger partial charge in [-0.25, -0.2) is 0 Å². The highest BCUT2D eigenvalue weighted by molar-refractivity contribution is 9.10. The fourth-order valence-electron chi connectivity index (χ4n) is 1.35. The summed E-state index contributed by atoms with van der Waals surface area (Å²) in [7, 11) is 0. The van der Waals surface area contributed by atoms with Gasteiger partial charge >= 0.3 is 0 Å². The number of halogens is 1. The van der Waals surface area contributed by atoms with Crippen molar-refractivity contribution in [3.05, 3.63) is 37.3 Å². The van der Waals surface area contributed by atoms with Crippen LogP contribution in [0.2, 0.25) is 0 Å². The Morgan fingerprint density at radius 1 is 1.36 bits per heavy atom. The van der Waals surface area contributed by atoms with Crippen molar-refractivity contribution >= 4 is 39.1 Å². The molecule has 0 amide bonds. The molecule has 0 aliphatic heterocycles. The molecule has 0 saturated heterocycles. The van der Waals surface area contributed by atoms with Gasteiger partial charge in [0, 0.05) is 4.47 Å². The Balaban J connectivity index is 3.10. The van der Waals surface area contributed by atoms with Gasteiger partial charge in [-0.15, -0.1) is 0 Å². The van der Waals surface area contributed by atoms with Crippen LogP contribution in [0.5, 0.6) is 0 Å². The molecule has 1 heterocycles. The van der Waals surface area contributed by atoms with Crippen LogP contribution in [-0.2, 0) is 0 Å². The lowest BCUT2D eigenvalue weighted by atomic mass is 10.1. The first-order valence-corrected chi connectivity index (χ1v) is 5.21. The summed E-state index contributed by atoms with van der Waals surface area (Å²) in [5, 5.41) is 0.624. The van der Waals surface area contributed by atoms with Gasteiger partial charge in [0.25, 0.3) is 5.56 Å². The van der Waals surface area contributed by atoms with Gasteiger partial charge in [-0.05, 0) is 36.8 Å². The van der Waals surface area contributed by atoms with Gasteiger partial charge in [0.1, 0.15) is 0 Å². The molecule has 0 aliphatic carbocycles. The second kappa shape index (κ2) is 3.33. The van der Waals surface area contributed by atoms with Gasteiger partial charge in [0.15, 0.2) is 4.77 Å². The van der Waals surface area contributed by atoms with Crippen molar-refractivity contribution in [1.29, 1.82) is 0 Å². The summed E-state index contributed by atoms with van der Waals surface area (Å²) in [6, 6.07) is 3.61. The fourth-order valence-corrected chi connectivity index (χ4v) is 1.88. The molecule has 0 aliphatic rings. The number of fused-ring (bicyclic) bond motifs is 1. The van der Waals surface area contributed by atoms with Gasteiger partial charge < -0.3 is 4.98 Å². The molecule has 3 nitrogen and oxygen atoms in total. The van der Waals surface area contributed by atoms with Crippen molar-refractivity contribution < 1.29 is 0 Å². The Morgan fingerprint density at radius 3 is 2.79 bits per heavy atom. The topological polar surface area (TPSA) is 48.6 Å². The zero-order valence-corrected chi connectivity index (χ0v) is 9.75. The normalized spacial score (nSPS) is 10.7. The molecule has 0 saturated carbocycles. The molecule has 1 aromatic heterocycles. The third kappa shape index (κ3) is 1.42. The highest BCUT2D eigenvalue weighted by atomic mass is 79.9. The molecule has 72 valence electrons. The number of aryl methyl sites for hydroxylation is 1. The maximum absolute atomic E-state index is 11.5. The molecule has 0 radical (unpaired) electrons. The Hall–Kier alpha value is -0.940. The van der Waals surface area contributed by atoms with Crippen molar-refractivity contribution in [3.8, 4) is 0 Å². The molecular formula is C9H7BrN2OS. The van der Waals surface area contributed by atoms with E-state index in [1.807, 2.05) is 13.0 Å². The molecule has 0 bridgehead atoms. The Bertz CT molecular complexity index is 614. The van der Waals surface area contributed by atoms with Crippen LogP contribution in [0.15, 0.2) is 21.4 Å². The Morgan fingerprint density at radius 2 is 2.07 bits per heavy atom. The van der Waals surface area contributed by atoms with E-state index in [1.165, 1.54) is 0 Å². The number of nitrogens with one attached hydrogen (secondary N) is 2. The Labute approximate surface area is 93.3 Å². The van der Waals surface area contributed by atoms with E-state index in [-0.39, 0.29) is 5.56 Å². The van der Waals surface area contributed by atoms with E-state index in [1.54, 1.807) is 6.07 Å². The largest absolute Gasteiger partial charge is 0.331 e. The van der Waals surface area contributed by atoms with Crippen molar-refractivity contribution in [2.24, 2.45) is 0 Å². The van der Waals surface area contributed by atoms with Crippen molar-refractivity contribution in [3.63, 3.8) is 0 Å².